The predicted molar refractivity (Wildman–Crippen MR) is 53.3 cm³/mol. The lowest BCUT2D eigenvalue weighted by molar-refractivity contribution is -0.137. The Hall–Kier alpha value is -1.78. The van der Waals surface area contributed by atoms with Crippen molar-refractivity contribution in [2.45, 2.75) is 13.1 Å². The van der Waals surface area contributed by atoms with Gasteiger partial charge in [-0.15, -0.1) is 0 Å². The number of para-hydroxylation sites is 1. The van der Waals surface area contributed by atoms with Gasteiger partial charge in [-0.1, -0.05) is 12.1 Å². The first kappa shape index (κ1) is 10.7. The number of imidazole rings is 1. The fourth-order valence-corrected chi connectivity index (χ4v) is 1.54. The molecule has 0 spiro atoms. The Balaban J connectivity index is 2.62. The second kappa shape index (κ2) is 3.66. The molecule has 0 saturated heterocycles. The molecule has 0 fully saturated rings. The summed E-state index contributed by atoms with van der Waals surface area (Å²) in [6, 6.07) is 5.44. The molecule has 0 atom stereocenters. The minimum absolute atomic E-state index is 0.102. The van der Waals surface area contributed by atoms with Crippen LogP contribution in [0.3, 0.4) is 0 Å². The maximum atomic E-state index is 12.7. The van der Waals surface area contributed by atoms with Gasteiger partial charge >= 0.3 is 6.18 Å². The average Bonchev–Trinajstić information content (AvgIpc) is 2.63. The van der Waals surface area contributed by atoms with E-state index in [1.807, 2.05) is 0 Å². The average molecular weight is 226 g/mol. The van der Waals surface area contributed by atoms with E-state index in [2.05, 4.69) is 4.98 Å². The van der Waals surface area contributed by atoms with Crippen LogP contribution in [0.2, 0.25) is 0 Å². The highest BCUT2D eigenvalue weighted by atomic mass is 19.4. The van der Waals surface area contributed by atoms with Gasteiger partial charge in [-0.05, 0) is 19.1 Å². The minimum Gasteiger partial charge on any atom is -0.303 e. The Morgan fingerprint density at radius 2 is 1.88 bits per heavy atom. The van der Waals surface area contributed by atoms with E-state index in [9.17, 15) is 13.2 Å². The highest BCUT2D eigenvalue weighted by Crippen LogP contribution is 2.33. The topological polar surface area (TPSA) is 17.8 Å². The molecule has 84 valence electrons. The van der Waals surface area contributed by atoms with Gasteiger partial charge in [0, 0.05) is 11.9 Å². The van der Waals surface area contributed by atoms with Crippen molar-refractivity contribution in [2.24, 2.45) is 0 Å². The van der Waals surface area contributed by atoms with E-state index in [0.717, 1.165) is 6.07 Å². The molecule has 0 aliphatic carbocycles. The molecule has 1 heterocycles. The van der Waals surface area contributed by atoms with Crippen molar-refractivity contribution in [1.29, 1.82) is 0 Å². The smallest absolute Gasteiger partial charge is 0.303 e. The zero-order chi connectivity index (χ0) is 11.8. The first-order valence-electron chi connectivity index (χ1n) is 4.65. The molecule has 0 radical (unpaired) electrons. The first-order chi connectivity index (χ1) is 7.50. The van der Waals surface area contributed by atoms with Crippen molar-refractivity contribution in [1.82, 2.24) is 9.55 Å². The summed E-state index contributed by atoms with van der Waals surface area (Å²) in [6.07, 6.45) is -1.46. The van der Waals surface area contributed by atoms with Gasteiger partial charge in [0.1, 0.15) is 0 Å². The van der Waals surface area contributed by atoms with Crippen LogP contribution < -0.4 is 0 Å². The fourth-order valence-electron chi connectivity index (χ4n) is 1.54. The Kier molecular flexibility index (Phi) is 2.46. The van der Waals surface area contributed by atoms with Gasteiger partial charge < -0.3 is 4.57 Å². The standard InChI is InChI=1S/C11H9F3N2/c1-8-6-15-7-16(8)10-5-3-2-4-9(10)11(12,13)14/h2-7H,1H3. The lowest BCUT2D eigenvalue weighted by Crippen LogP contribution is -2.10. The Morgan fingerprint density at radius 3 is 2.44 bits per heavy atom. The maximum Gasteiger partial charge on any atom is 0.418 e. The van der Waals surface area contributed by atoms with Gasteiger partial charge in [0.2, 0.25) is 0 Å². The summed E-state index contributed by atoms with van der Waals surface area (Å²) in [5.74, 6) is 0. The van der Waals surface area contributed by atoms with Gasteiger partial charge in [0.25, 0.3) is 0 Å². The normalized spacial score (nSPS) is 11.8. The van der Waals surface area contributed by atoms with Crippen molar-refractivity contribution < 1.29 is 13.2 Å². The summed E-state index contributed by atoms with van der Waals surface area (Å²) in [6.45, 7) is 1.71. The number of nitrogens with zero attached hydrogens (tertiary/aromatic N) is 2. The third-order valence-electron chi connectivity index (χ3n) is 2.29. The maximum absolute atomic E-state index is 12.7. The zero-order valence-electron chi connectivity index (χ0n) is 8.49. The lowest BCUT2D eigenvalue weighted by Gasteiger charge is -2.13. The lowest BCUT2D eigenvalue weighted by atomic mass is 10.1. The number of hydrogen-bond acceptors (Lipinski definition) is 1. The molecule has 0 N–H and O–H groups in total. The third-order valence-corrected chi connectivity index (χ3v) is 2.29. The predicted octanol–water partition coefficient (Wildman–Crippen LogP) is 3.20. The summed E-state index contributed by atoms with van der Waals surface area (Å²) in [4.78, 5) is 3.82. The van der Waals surface area contributed by atoms with Crippen molar-refractivity contribution in [3.63, 3.8) is 0 Å². The third kappa shape index (κ3) is 1.80. The molecule has 2 nitrogen and oxygen atoms in total. The van der Waals surface area contributed by atoms with E-state index >= 15 is 0 Å². The molecule has 0 amide bonds. The highest BCUT2D eigenvalue weighted by molar-refractivity contribution is 5.43. The van der Waals surface area contributed by atoms with Crippen LogP contribution in [0.5, 0.6) is 0 Å². The Labute approximate surface area is 90.4 Å². The SMILES string of the molecule is Cc1cncn1-c1ccccc1C(F)(F)F. The van der Waals surface area contributed by atoms with Crippen LogP contribution in [0, 0.1) is 6.92 Å². The second-order valence-corrected chi connectivity index (χ2v) is 3.42. The van der Waals surface area contributed by atoms with Crippen molar-refractivity contribution >= 4 is 0 Å². The van der Waals surface area contributed by atoms with Gasteiger partial charge in [-0.2, -0.15) is 13.2 Å². The summed E-state index contributed by atoms with van der Waals surface area (Å²) < 4.78 is 39.6. The molecular formula is C11H9F3N2. The quantitative estimate of drug-likeness (QED) is 0.730. The van der Waals surface area contributed by atoms with E-state index in [4.69, 9.17) is 0 Å². The fraction of sp³-hybridized carbons (Fsp3) is 0.182. The van der Waals surface area contributed by atoms with Crippen molar-refractivity contribution in [2.75, 3.05) is 0 Å². The van der Waals surface area contributed by atoms with Crippen LogP contribution in [0.4, 0.5) is 13.2 Å². The van der Waals surface area contributed by atoms with Gasteiger partial charge in [-0.25, -0.2) is 4.98 Å². The molecule has 1 aromatic carbocycles. The van der Waals surface area contributed by atoms with E-state index < -0.39 is 11.7 Å². The van der Waals surface area contributed by atoms with Crippen LogP contribution in [0.1, 0.15) is 11.3 Å². The summed E-state index contributed by atoms with van der Waals surface area (Å²) in [7, 11) is 0. The molecule has 16 heavy (non-hydrogen) atoms. The van der Waals surface area contributed by atoms with E-state index in [-0.39, 0.29) is 5.69 Å². The van der Waals surface area contributed by atoms with Crippen LogP contribution in [0.15, 0.2) is 36.8 Å². The van der Waals surface area contributed by atoms with Crippen LogP contribution in [0.25, 0.3) is 5.69 Å². The molecule has 2 aromatic rings. The summed E-state index contributed by atoms with van der Waals surface area (Å²) in [5, 5.41) is 0. The van der Waals surface area contributed by atoms with E-state index in [0.29, 0.717) is 5.69 Å². The Morgan fingerprint density at radius 1 is 1.19 bits per heavy atom. The molecule has 2 rings (SSSR count). The van der Waals surface area contributed by atoms with E-state index in [1.54, 1.807) is 13.0 Å². The van der Waals surface area contributed by atoms with Crippen LogP contribution >= 0.6 is 0 Å². The number of alkyl halides is 3. The van der Waals surface area contributed by atoms with Crippen molar-refractivity contribution in [3.05, 3.63) is 48.0 Å². The molecule has 0 bridgehead atoms. The second-order valence-electron chi connectivity index (χ2n) is 3.42. The van der Waals surface area contributed by atoms with Gasteiger partial charge in [-0.3, -0.25) is 0 Å². The molecule has 0 unspecified atom stereocenters. The van der Waals surface area contributed by atoms with Crippen molar-refractivity contribution in [3.8, 4) is 5.69 Å². The Bertz CT molecular complexity index is 500. The number of aryl methyl sites for hydroxylation is 1. The summed E-state index contributed by atoms with van der Waals surface area (Å²) in [5.41, 5.74) is 0.109. The minimum atomic E-state index is -4.35. The van der Waals surface area contributed by atoms with Crippen LogP contribution in [-0.2, 0) is 6.18 Å². The van der Waals surface area contributed by atoms with Gasteiger partial charge in [0.05, 0.1) is 17.6 Å². The molecule has 0 saturated carbocycles. The summed E-state index contributed by atoms with van der Waals surface area (Å²) >= 11 is 0. The highest BCUT2D eigenvalue weighted by Gasteiger charge is 2.33. The monoisotopic (exact) mass is 226 g/mol. The van der Waals surface area contributed by atoms with Gasteiger partial charge in [0.15, 0.2) is 0 Å². The number of hydrogen-bond donors (Lipinski definition) is 0. The molecule has 5 heteroatoms. The number of rotatable bonds is 1. The molecule has 0 aliphatic rings. The zero-order valence-corrected chi connectivity index (χ0v) is 8.49. The number of aromatic nitrogens is 2. The largest absolute Gasteiger partial charge is 0.418 e. The molecule has 0 aliphatic heterocycles. The van der Waals surface area contributed by atoms with Crippen LogP contribution in [-0.4, -0.2) is 9.55 Å². The molecule has 1 aromatic heterocycles. The number of benzene rings is 1. The molecular weight excluding hydrogens is 217 g/mol. The number of halogens is 3. The van der Waals surface area contributed by atoms with E-state index in [1.165, 1.54) is 29.2 Å². The first-order valence-corrected chi connectivity index (χ1v) is 4.65.